The average Bonchev–Trinajstić information content (AvgIpc) is 2.76. The molecule has 17 heavy (non-hydrogen) atoms. The van der Waals surface area contributed by atoms with Gasteiger partial charge in [-0.05, 0) is 18.8 Å². The lowest BCUT2D eigenvalue weighted by Gasteiger charge is -2.35. The Kier molecular flexibility index (Phi) is 4.01. The van der Waals surface area contributed by atoms with Crippen LogP contribution in [-0.4, -0.2) is 48.4 Å². The molecule has 1 aliphatic heterocycles. The van der Waals surface area contributed by atoms with Crippen molar-refractivity contribution in [3.05, 3.63) is 0 Å². The van der Waals surface area contributed by atoms with Crippen LogP contribution < -0.4 is 0 Å². The van der Waals surface area contributed by atoms with Crippen molar-refractivity contribution in [2.24, 2.45) is 11.8 Å². The van der Waals surface area contributed by atoms with E-state index in [0.717, 1.165) is 32.6 Å². The molecule has 1 amide bonds. The van der Waals surface area contributed by atoms with Crippen LogP contribution in [0, 0.1) is 23.2 Å². The van der Waals surface area contributed by atoms with Crippen LogP contribution in [0.2, 0.25) is 0 Å². The van der Waals surface area contributed by atoms with E-state index in [1.165, 1.54) is 12.8 Å². The van der Waals surface area contributed by atoms with Crippen LogP contribution in [0.4, 0.5) is 0 Å². The Hall–Kier alpha value is -1.08. The molecule has 2 atom stereocenters. The highest BCUT2D eigenvalue weighted by atomic mass is 16.2. The highest BCUT2D eigenvalue weighted by molar-refractivity contribution is 5.79. The second-order valence-corrected chi connectivity index (χ2v) is 5.27. The quantitative estimate of drug-likeness (QED) is 0.673. The van der Waals surface area contributed by atoms with Gasteiger partial charge >= 0.3 is 0 Å². The van der Waals surface area contributed by atoms with E-state index in [4.69, 9.17) is 5.26 Å². The number of nitrogens with zero attached hydrogens (tertiary/aromatic N) is 3. The van der Waals surface area contributed by atoms with E-state index in [1.54, 1.807) is 0 Å². The van der Waals surface area contributed by atoms with Gasteiger partial charge in [-0.25, -0.2) is 0 Å². The summed E-state index contributed by atoms with van der Waals surface area (Å²) < 4.78 is 0. The number of hydrogen-bond donors (Lipinski definition) is 0. The molecular weight excluding hydrogens is 214 g/mol. The highest BCUT2D eigenvalue weighted by Crippen LogP contribution is 2.32. The van der Waals surface area contributed by atoms with Gasteiger partial charge in [0.25, 0.3) is 0 Å². The number of nitriles is 1. The smallest absolute Gasteiger partial charge is 0.226 e. The van der Waals surface area contributed by atoms with Crippen molar-refractivity contribution in [1.82, 2.24) is 9.80 Å². The fraction of sp³-hybridized carbons (Fsp3) is 0.846. The van der Waals surface area contributed by atoms with Crippen molar-refractivity contribution < 1.29 is 4.79 Å². The maximum absolute atomic E-state index is 12.3. The lowest BCUT2D eigenvalue weighted by molar-refractivity contribution is -0.138. The Morgan fingerprint density at radius 3 is 2.53 bits per heavy atom. The normalized spacial score (nSPS) is 30.2. The van der Waals surface area contributed by atoms with Crippen LogP contribution in [0.3, 0.4) is 0 Å². The summed E-state index contributed by atoms with van der Waals surface area (Å²) in [5.41, 5.74) is 0. The molecular formula is C13H21N3O. The van der Waals surface area contributed by atoms with Crippen molar-refractivity contribution in [2.75, 3.05) is 32.7 Å². The predicted molar refractivity (Wildman–Crippen MR) is 65.1 cm³/mol. The lowest BCUT2D eigenvalue weighted by Crippen LogP contribution is -2.50. The summed E-state index contributed by atoms with van der Waals surface area (Å²) in [5.74, 6) is 1.17. The first-order chi connectivity index (χ1) is 8.22. The van der Waals surface area contributed by atoms with Crippen molar-refractivity contribution in [2.45, 2.75) is 26.2 Å². The zero-order valence-electron chi connectivity index (χ0n) is 10.6. The molecule has 94 valence electrons. The molecule has 0 spiro atoms. The Labute approximate surface area is 103 Å². The Balaban J connectivity index is 1.84. The van der Waals surface area contributed by atoms with Crippen molar-refractivity contribution in [3.63, 3.8) is 0 Å². The molecule has 4 nitrogen and oxygen atoms in total. The first-order valence-electron chi connectivity index (χ1n) is 6.60. The minimum Gasteiger partial charge on any atom is -0.340 e. The van der Waals surface area contributed by atoms with E-state index < -0.39 is 0 Å². The van der Waals surface area contributed by atoms with E-state index in [0.29, 0.717) is 18.4 Å². The molecule has 0 N–H and O–H groups in total. The van der Waals surface area contributed by atoms with Gasteiger partial charge in [-0.2, -0.15) is 5.26 Å². The Morgan fingerprint density at radius 1 is 1.29 bits per heavy atom. The van der Waals surface area contributed by atoms with E-state index in [-0.39, 0.29) is 5.92 Å². The molecule has 0 aromatic heterocycles. The summed E-state index contributed by atoms with van der Waals surface area (Å²) in [6, 6.07) is 2.17. The van der Waals surface area contributed by atoms with Crippen LogP contribution in [0.25, 0.3) is 0 Å². The van der Waals surface area contributed by atoms with E-state index in [9.17, 15) is 4.79 Å². The largest absolute Gasteiger partial charge is 0.340 e. The predicted octanol–water partition coefficient (Wildman–Crippen LogP) is 1.09. The summed E-state index contributed by atoms with van der Waals surface area (Å²) in [6.07, 6.45) is 3.47. The molecule has 0 bridgehead atoms. The molecule has 1 saturated carbocycles. The monoisotopic (exact) mass is 235 g/mol. The Morgan fingerprint density at radius 2 is 2.00 bits per heavy atom. The topological polar surface area (TPSA) is 47.3 Å². The summed E-state index contributed by atoms with van der Waals surface area (Å²) in [7, 11) is 0. The number of rotatable bonds is 2. The van der Waals surface area contributed by atoms with Crippen LogP contribution >= 0.6 is 0 Å². The number of carbonyl (C=O) groups is 1. The second kappa shape index (κ2) is 5.50. The number of hydrogen-bond acceptors (Lipinski definition) is 3. The van der Waals surface area contributed by atoms with Gasteiger partial charge in [0.2, 0.25) is 5.91 Å². The van der Waals surface area contributed by atoms with E-state index in [2.05, 4.69) is 17.9 Å². The molecule has 0 radical (unpaired) electrons. The summed E-state index contributed by atoms with van der Waals surface area (Å²) in [6.45, 7) is 5.97. The van der Waals surface area contributed by atoms with Gasteiger partial charge in [0.05, 0.1) is 12.6 Å². The van der Waals surface area contributed by atoms with Crippen LogP contribution in [-0.2, 0) is 4.79 Å². The first kappa shape index (κ1) is 12.4. The zero-order valence-corrected chi connectivity index (χ0v) is 10.6. The van der Waals surface area contributed by atoms with Crippen LogP contribution in [0.15, 0.2) is 0 Å². The number of piperazine rings is 1. The molecule has 0 aromatic rings. The first-order valence-corrected chi connectivity index (χ1v) is 6.60. The molecule has 2 fully saturated rings. The highest BCUT2D eigenvalue weighted by Gasteiger charge is 2.33. The SMILES string of the molecule is CC1CCCC1C(=O)N1CCN(CC#N)CC1. The van der Waals surface area contributed by atoms with Crippen molar-refractivity contribution >= 4 is 5.91 Å². The zero-order chi connectivity index (χ0) is 12.3. The fourth-order valence-electron chi connectivity index (χ4n) is 2.97. The summed E-state index contributed by atoms with van der Waals surface area (Å²) in [4.78, 5) is 16.4. The van der Waals surface area contributed by atoms with Gasteiger partial charge in [-0.15, -0.1) is 0 Å². The van der Waals surface area contributed by atoms with Gasteiger partial charge in [0, 0.05) is 32.1 Å². The molecule has 0 aromatic carbocycles. The van der Waals surface area contributed by atoms with E-state index >= 15 is 0 Å². The maximum Gasteiger partial charge on any atom is 0.226 e. The molecule has 1 heterocycles. The van der Waals surface area contributed by atoms with Gasteiger partial charge in [0.1, 0.15) is 0 Å². The van der Waals surface area contributed by atoms with E-state index in [1.807, 2.05) is 4.90 Å². The van der Waals surface area contributed by atoms with Crippen LogP contribution in [0.5, 0.6) is 0 Å². The van der Waals surface area contributed by atoms with Crippen molar-refractivity contribution in [3.8, 4) is 6.07 Å². The van der Waals surface area contributed by atoms with Gasteiger partial charge < -0.3 is 4.90 Å². The summed E-state index contributed by atoms with van der Waals surface area (Å²) in [5, 5.41) is 8.63. The van der Waals surface area contributed by atoms with Gasteiger partial charge in [-0.3, -0.25) is 9.69 Å². The molecule has 4 heteroatoms. The minimum absolute atomic E-state index is 0.262. The van der Waals surface area contributed by atoms with Gasteiger partial charge in [-0.1, -0.05) is 13.3 Å². The van der Waals surface area contributed by atoms with Crippen LogP contribution in [0.1, 0.15) is 26.2 Å². The number of carbonyl (C=O) groups excluding carboxylic acids is 1. The Bertz CT molecular complexity index is 315. The summed E-state index contributed by atoms with van der Waals surface area (Å²) >= 11 is 0. The molecule has 1 aliphatic carbocycles. The minimum atomic E-state index is 0.262. The third-order valence-electron chi connectivity index (χ3n) is 4.16. The fourth-order valence-corrected chi connectivity index (χ4v) is 2.97. The third kappa shape index (κ3) is 2.78. The second-order valence-electron chi connectivity index (χ2n) is 5.27. The molecule has 1 saturated heterocycles. The standard InChI is InChI=1S/C13H21N3O/c1-11-3-2-4-12(11)13(17)16-9-7-15(6-5-14)8-10-16/h11-12H,2-4,6-10H2,1H3. The molecule has 2 unspecified atom stereocenters. The molecule has 2 rings (SSSR count). The number of amides is 1. The lowest BCUT2D eigenvalue weighted by atomic mass is 9.96. The van der Waals surface area contributed by atoms with Gasteiger partial charge in [0.15, 0.2) is 0 Å². The maximum atomic E-state index is 12.3. The third-order valence-corrected chi connectivity index (χ3v) is 4.16. The average molecular weight is 235 g/mol. The van der Waals surface area contributed by atoms with Crippen molar-refractivity contribution in [1.29, 1.82) is 5.26 Å². The molecule has 2 aliphatic rings.